The summed E-state index contributed by atoms with van der Waals surface area (Å²) in [6, 6.07) is 10.5. The first-order valence-electron chi connectivity index (χ1n) is 9.51. The Kier molecular flexibility index (Phi) is 5.06. The number of hydrogen-bond donors (Lipinski definition) is 2. The van der Waals surface area contributed by atoms with E-state index >= 15 is 0 Å². The van der Waals surface area contributed by atoms with Crippen LogP contribution < -0.4 is 16.6 Å². The largest absolute Gasteiger partial charge is 0.465 e. The molecule has 1 unspecified atom stereocenters. The number of amides is 1. The third-order valence-electron chi connectivity index (χ3n) is 5.35. The van der Waals surface area contributed by atoms with Crippen molar-refractivity contribution < 1.29 is 9.90 Å². The molecule has 0 aliphatic heterocycles. The van der Waals surface area contributed by atoms with Crippen molar-refractivity contribution >= 4 is 39.6 Å². The Morgan fingerprint density at radius 3 is 2.65 bits per heavy atom. The molecule has 9 nitrogen and oxygen atoms in total. The average molecular weight is 442 g/mol. The van der Waals surface area contributed by atoms with Crippen molar-refractivity contribution in [1.82, 2.24) is 24.0 Å². The molecule has 0 spiro atoms. The van der Waals surface area contributed by atoms with Gasteiger partial charge in [-0.25, -0.2) is 14.6 Å². The number of aromatic nitrogens is 4. The quantitative estimate of drug-likeness (QED) is 0.505. The van der Waals surface area contributed by atoms with Crippen molar-refractivity contribution in [3.63, 3.8) is 0 Å². The Labute approximate surface area is 181 Å². The number of aryl methyl sites for hydroxylation is 2. The van der Waals surface area contributed by atoms with Gasteiger partial charge in [-0.05, 0) is 30.0 Å². The normalized spacial score (nSPS) is 12.4. The second kappa shape index (κ2) is 7.59. The first-order valence-corrected chi connectivity index (χ1v) is 9.89. The highest BCUT2D eigenvalue weighted by Crippen LogP contribution is 2.24. The van der Waals surface area contributed by atoms with E-state index in [9.17, 15) is 14.4 Å². The van der Waals surface area contributed by atoms with Gasteiger partial charge in [0.2, 0.25) is 0 Å². The Morgan fingerprint density at radius 1 is 1.19 bits per heavy atom. The smallest absolute Gasteiger partial charge is 0.405 e. The summed E-state index contributed by atoms with van der Waals surface area (Å²) in [5, 5.41) is 13.7. The summed E-state index contributed by atoms with van der Waals surface area (Å²) in [6.45, 7) is 1.69. The molecule has 0 fully saturated rings. The van der Waals surface area contributed by atoms with Gasteiger partial charge in [0.25, 0.3) is 5.56 Å². The lowest BCUT2D eigenvalue weighted by Gasteiger charge is -2.11. The summed E-state index contributed by atoms with van der Waals surface area (Å²) < 4.78 is 3.97. The second-order valence-corrected chi connectivity index (χ2v) is 7.81. The van der Waals surface area contributed by atoms with Crippen molar-refractivity contribution in [1.29, 1.82) is 0 Å². The molecule has 0 aliphatic rings. The lowest BCUT2D eigenvalue weighted by molar-refractivity contribution is 0.190. The van der Waals surface area contributed by atoms with E-state index in [0.29, 0.717) is 10.8 Å². The van der Waals surface area contributed by atoms with E-state index in [1.165, 1.54) is 16.2 Å². The number of imidazole rings is 1. The van der Waals surface area contributed by atoms with Gasteiger partial charge in [-0.15, -0.1) is 0 Å². The molecule has 2 N–H and O–H groups in total. The molecule has 0 aliphatic carbocycles. The van der Waals surface area contributed by atoms with E-state index in [0.717, 1.165) is 20.9 Å². The molecular weight excluding hydrogens is 422 g/mol. The SMILES string of the molecule is CC(NC(=O)O)c1nc2c(c(=O)n(Cc3ccc4c(Cl)cccc4c3)c(=O)n2C)n1C. The highest BCUT2D eigenvalue weighted by Gasteiger charge is 2.22. The van der Waals surface area contributed by atoms with Crippen LogP contribution in [0.2, 0.25) is 5.02 Å². The Hall–Kier alpha value is -3.59. The molecule has 160 valence electrons. The average Bonchev–Trinajstić information content (AvgIpc) is 3.07. The molecule has 2 aromatic heterocycles. The summed E-state index contributed by atoms with van der Waals surface area (Å²) in [7, 11) is 3.16. The molecule has 0 bridgehead atoms. The van der Waals surface area contributed by atoms with Crippen LogP contribution in [-0.4, -0.2) is 29.9 Å². The van der Waals surface area contributed by atoms with E-state index in [2.05, 4.69) is 10.3 Å². The van der Waals surface area contributed by atoms with Crippen LogP contribution >= 0.6 is 11.6 Å². The van der Waals surface area contributed by atoms with Crippen LogP contribution in [-0.2, 0) is 20.6 Å². The highest BCUT2D eigenvalue weighted by atomic mass is 35.5. The molecule has 0 saturated heterocycles. The number of fused-ring (bicyclic) bond motifs is 2. The summed E-state index contributed by atoms with van der Waals surface area (Å²) in [5.41, 5.74) is 0.199. The minimum atomic E-state index is -1.21. The third kappa shape index (κ3) is 3.46. The molecule has 10 heteroatoms. The predicted octanol–water partition coefficient (Wildman–Crippen LogP) is 2.62. The summed E-state index contributed by atoms with van der Waals surface area (Å²) in [4.78, 5) is 41.5. The second-order valence-electron chi connectivity index (χ2n) is 7.40. The number of nitrogens with zero attached hydrogens (tertiary/aromatic N) is 4. The lowest BCUT2D eigenvalue weighted by Crippen LogP contribution is -2.39. The third-order valence-corrected chi connectivity index (χ3v) is 5.68. The topological polar surface area (TPSA) is 111 Å². The van der Waals surface area contributed by atoms with Gasteiger partial charge in [-0.2, -0.15) is 0 Å². The van der Waals surface area contributed by atoms with E-state index in [1.807, 2.05) is 30.3 Å². The molecule has 4 aromatic rings. The monoisotopic (exact) mass is 441 g/mol. The number of carboxylic acid groups (broad SMARTS) is 1. The number of carbonyl (C=O) groups is 1. The maximum atomic E-state index is 13.2. The van der Waals surface area contributed by atoms with Crippen molar-refractivity contribution in [2.75, 3.05) is 0 Å². The fraction of sp³-hybridized carbons (Fsp3) is 0.238. The molecule has 2 aromatic carbocycles. The zero-order valence-electron chi connectivity index (χ0n) is 17.1. The lowest BCUT2D eigenvalue weighted by atomic mass is 10.1. The van der Waals surface area contributed by atoms with Gasteiger partial charge in [0.1, 0.15) is 5.82 Å². The summed E-state index contributed by atoms with van der Waals surface area (Å²) in [5.74, 6) is 0.336. The zero-order valence-corrected chi connectivity index (χ0v) is 17.8. The van der Waals surface area contributed by atoms with Gasteiger partial charge < -0.3 is 15.0 Å². The number of benzene rings is 2. The van der Waals surface area contributed by atoms with Crippen LogP contribution in [0.15, 0.2) is 46.0 Å². The van der Waals surface area contributed by atoms with Crippen LogP contribution in [0.25, 0.3) is 21.9 Å². The van der Waals surface area contributed by atoms with Gasteiger partial charge in [-0.3, -0.25) is 13.9 Å². The van der Waals surface area contributed by atoms with Crippen LogP contribution in [0.5, 0.6) is 0 Å². The number of rotatable bonds is 4. The van der Waals surface area contributed by atoms with Gasteiger partial charge >= 0.3 is 11.8 Å². The Morgan fingerprint density at radius 2 is 1.94 bits per heavy atom. The fourth-order valence-electron chi connectivity index (χ4n) is 3.81. The number of hydrogen-bond acceptors (Lipinski definition) is 4. The minimum Gasteiger partial charge on any atom is -0.465 e. The van der Waals surface area contributed by atoms with Crippen molar-refractivity contribution in [2.45, 2.75) is 19.5 Å². The van der Waals surface area contributed by atoms with Crippen LogP contribution in [0, 0.1) is 0 Å². The summed E-state index contributed by atoms with van der Waals surface area (Å²) in [6.07, 6.45) is -1.21. The van der Waals surface area contributed by atoms with E-state index in [4.69, 9.17) is 16.7 Å². The first kappa shape index (κ1) is 20.7. The van der Waals surface area contributed by atoms with E-state index < -0.39 is 23.4 Å². The number of nitrogens with one attached hydrogen (secondary N) is 1. The van der Waals surface area contributed by atoms with Gasteiger partial charge in [0.15, 0.2) is 11.2 Å². The Balaban J connectivity index is 1.85. The van der Waals surface area contributed by atoms with Crippen molar-refractivity contribution in [2.24, 2.45) is 14.1 Å². The maximum absolute atomic E-state index is 13.2. The van der Waals surface area contributed by atoms with E-state index in [1.54, 1.807) is 20.0 Å². The van der Waals surface area contributed by atoms with Gasteiger partial charge in [-0.1, -0.05) is 35.9 Å². The van der Waals surface area contributed by atoms with Gasteiger partial charge in [0.05, 0.1) is 12.6 Å². The van der Waals surface area contributed by atoms with E-state index in [-0.39, 0.29) is 17.7 Å². The molecule has 0 saturated carbocycles. The number of halogens is 1. The molecular formula is C21H20ClN5O4. The maximum Gasteiger partial charge on any atom is 0.405 e. The molecule has 0 radical (unpaired) electrons. The zero-order chi connectivity index (χ0) is 22.4. The van der Waals surface area contributed by atoms with Crippen LogP contribution in [0.4, 0.5) is 4.79 Å². The minimum absolute atomic E-state index is 0.0767. The molecule has 31 heavy (non-hydrogen) atoms. The van der Waals surface area contributed by atoms with Crippen molar-refractivity contribution in [3.05, 3.63) is 73.6 Å². The van der Waals surface area contributed by atoms with Crippen molar-refractivity contribution in [3.8, 4) is 0 Å². The highest BCUT2D eigenvalue weighted by molar-refractivity contribution is 6.35. The van der Waals surface area contributed by atoms with Crippen LogP contribution in [0.1, 0.15) is 24.4 Å². The molecule has 2 heterocycles. The molecule has 1 amide bonds. The molecule has 4 rings (SSSR count). The summed E-state index contributed by atoms with van der Waals surface area (Å²) >= 11 is 6.22. The fourth-order valence-corrected chi connectivity index (χ4v) is 4.06. The standard InChI is InChI=1S/C21H20ClN5O4/c1-11(23-20(29)30)17-24-18-16(25(17)2)19(28)27(21(31)26(18)3)10-12-7-8-14-13(9-12)5-4-6-15(14)22/h4-9,11,23H,10H2,1-3H3,(H,29,30). The Bertz CT molecular complexity index is 1470. The molecule has 1 atom stereocenters. The first-order chi connectivity index (χ1) is 14.7. The van der Waals surface area contributed by atoms with Crippen LogP contribution in [0.3, 0.4) is 0 Å². The van der Waals surface area contributed by atoms with Gasteiger partial charge in [0, 0.05) is 24.5 Å². The predicted molar refractivity (Wildman–Crippen MR) is 118 cm³/mol.